The van der Waals surface area contributed by atoms with Crippen LogP contribution in [0.15, 0.2) is 6.20 Å². The smallest absolute Gasteiger partial charge is 0.265 e. The van der Waals surface area contributed by atoms with E-state index in [2.05, 4.69) is 18.8 Å². The highest BCUT2D eigenvalue weighted by Gasteiger charge is 2.32. The maximum atomic E-state index is 12.7. The van der Waals surface area contributed by atoms with Crippen LogP contribution in [0.4, 0.5) is 0 Å². The Balaban J connectivity index is 1.69. The van der Waals surface area contributed by atoms with Crippen LogP contribution in [0.1, 0.15) is 53.7 Å². The number of thiazole rings is 1. The van der Waals surface area contributed by atoms with Crippen LogP contribution in [0.3, 0.4) is 0 Å². The molecule has 1 aromatic rings. The third kappa shape index (κ3) is 3.29. The summed E-state index contributed by atoms with van der Waals surface area (Å²) in [6.07, 6.45) is 5.68. The van der Waals surface area contributed by atoms with Crippen LogP contribution < -0.4 is 0 Å². The first kappa shape index (κ1) is 15.0. The van der Waals surface area contributed by atoms with Crippen LogP contribution in [0.5, 0.6) is 0 Å². The summed E-state index contributed by atoms with van der Waals surface area (Å²) in [4.78, 5) is 19.8. The summed E-state index contributed by atoms with van der Waals surface area (Å²) in [5.74, 6) is 1.79. The van der Waals surface area contributed by atoms with Gasteiger partial charge in [0, 0.05) is 24.9 Å². The molecular weight excluding hydrogens is 284 g/mol. The summed E-state index contributed by atoms with van der Waals surface area (Å²) in [5, 5.41) is 1.04. The van der Waals surface area contributed by atoms with E-state index >= 15 is 0 Å². The van der Waals surface area contributed by atoms with Gasteiger partial charge in [0.05, 0.1) is 24.4 Å². The van der Waals surface area contributed by atoms with Crippen molar-refractivity contribution in [3.8, 4) is 0 Å². The molecular formula is C16H24N2O2S. The number of rotatable bonds is 3. The topological polar surface area (TPSA) is 42.4 Å². The number of ether oxygens (including phenoxy) is 1. The Hall–Kier alpha value is -0.940. The number of hydrogen-bond acceptors (Lipinski definition) is 4. The number of nitrogens with zero attached hydrogens (tertiary/aromatic N) is 2. The van der Waals surface area contributed by atoms with Gasteiger partial charge in [0.15, 0.2) is 0 Å². The van der Waals surface area contributed by atoms with Crippen molar-refractivity contribution in [3.05, 3.63) is 16.1 Å². The van der Waals surface area contributed by atoms with Crippen LogP contribution in [0.2, 0.25) is 0 Å². The first-order valence-corrected chi connectivity index (χ1v) is 8.79. The first-order chi connectivity index (χ1) is 10.1. The molecule has 1 atom stereocenters. The maximum Gasteiger partial charge on any atom is 0.265 e. The molecule has 2 heterocycles. The fraction of sp³-hybridized carbons (Fsp3) is 0.750. The van der Waals surface area contributed by atoms with Crippen molar-refractivity contribution in [3.63, 3.8) is 0 Å². The van der Waals surface area contributed by atoms with Gasteiger partial charge in [-0.3, -0.25) is 4.79 Å². The third-order valence-electron chi connectivity index (χ3n) is 4.62. The normalized spacial score (nSPS) is 24.0. The Morgan fingerprint density at radius 2 is 2.24 bits per heavy atom. The van der Waals surface area contributed by atoms with Gasteiger partial charge in [-0.25, -0.2) is 4.98 Å². The average Bonchev–Trinajstić information content (AvgIpc) is 2.77. The molecule has 1 saturated heterocycles. The fourth-order valence-corrected chi connectivity index (χ4v) is 3.91. The van der Waals surface area contributed by atoms with E-state index < -0.39 is 0 Å². The molecule has 5 heteroatoms. The molecule has 0 aromatic carbocycles. The van der Waals surface area contributed by atoms with E-state index in [1.807, 2.05) is 4.90 Å². The van der Waals surface area contributed by atoms with Crippen LogP contribution in [-0.4, -0.2) is 42.1 Å². The lowest BCUT2D eigenvalue weighted by molar-refractivity contribution is 0.0691. The van der Waals surface area contributed by atoms with Crippen molar-refractivity contribution >= 4 is 17.2 Å². The Kier molecular flexibility index (Phi) is 4.60. The molecule has 0 radical (unpaired) electrons. The molecule has 4 nitrogen and oxygen atoms in total. The predicted octanol–water partition coefficient (Wildman–Crippen LogP) is 3.16. The minimum Gasteiger partial charge on any atom is -0.379 e. The Labute approximate surface area is 130 Å². The summed E-state index contributed by atoms with van der Waals surface area (Å²) in [6, 6.07) is 0. The molecule has 1 amide bonds. The van der Waals surface area contributed by atoms with Gasteiger partial charge in [-0.1, -0.05) is 33.1 Å². The lowest BCUT2D eigenvalue weighted by Crippen LogP contribution is -2.39. The van der Waals surface area contributed by atoms with Crippen molar-refractivity contribution in [2.75, 3.05) is 26.3 Å². The summed E-state index contributed by atoms with van der Waals surface area (Å²) in [5.41, 5.74) is 0. The van der Waals surface area contributed by atoms with Gasteiger partial charge < -0.3 is 9.64 Å². The minimum absolute atomic E-state index is 0.134. The van der Waals surface area contributed by atoms with Gasteiger partial charge >= 0.3 is 0 Å². The van der Waals surface area contributed by atoms with Gasteiger partial charge in [0.25, 0.3) is 5.91 Å². The molecule has 1 aliphatic heterocycles. The van der Waals surface area contributed by atoms with Crippen molar-refractivity contribution in [2.24, 2.45) is 11.8 Å². The molecule has 0 spiro atoms. The van der Waals surface area contributed by atoms with Crippen molar-refractivity contribution in [2.45, 2.75) is 39.0 Å². The first-order valence-electron chi connectivity index (χ1n) is 7.98. The van der Waals surface area contributed by atoms with Crippen LogP contribution >= 0.6 is 11.3 Å². The molecule has 1 aliphatic carbocycles. The SMILES string of the molecule is CC(C)c1ncc(C(=O)N2CCOCC(C3CCC3)C2)s1. The number of carbonyl (C=O) groups is 1. The van der Waals surface area contributed by atoms with Gasteiger partial charge in [-0.15, -0.1) is 11.3 Å². The molecule has 1 saturated carbocycles. The lowest BCUT2D eigenvalue weighted by atomic mass is 9.76. The molecule has 2 fully saturated rings. The Morgan fingerprint density at radius 1 is 1.43 bits per heavy atom. The quantitative estimate of drug-likeness (QED) is 0.861. The second kappa shape index (κ2) is 6.44. The number of hydrogen-bond donors (Lipinski definition) is 0. The average molecular weight is 308 g/mol. The molecule has 1 aromatic heterocycles. The second-order valence-electron chi connectivity index (χ2n) is 6.49. The monoisotopic (exact) mass is 308 g/mol. The van der Waals surface area contributed by atoms with E-state index in [1.54, 1.807) is 6.20 Å². The molecule has 3 rings (SSSR count). The largest absolute Gasteiger partial charge is 0.379 e. The molecule has 1 unspecified atom stereocenters. The maximum absolute atomic E-state index is 12.7. The second-order valence-corrected chi connectivity index (χ2v) is 7.56. The Bertz CT molecular complexity index is 496. The van der Waals surface area contributed by atoms with Gasteiger partial charge in [0.2, 0.25) is 0 Å². The molecule has 21 heavy (non-hydrogen) atoms. The molecule has 2 aliphatic rings. The zero-order valence-electron chi connectivity index (χ0n) is 12.9. The summed E-state index contributed by atoms with van der Waals surface area (Å²) in [7, 11) is 0. The van der Waals surface area contributed by atoms with Crippen molar-refractivity contribution in [1.29, 1.82) is 0 Å². The van der Waals surface area contributed by atoms with E-state index in [0.717, 1.165) is 29.0 Å². The lowest BCUT2D eigenvalue weighted by Gasteiger charge is -2.34. The van der Waals surface area contributed by atoms with Crippen molar-refractivity contribution in [1.82, 2.24) is 9.88 Å². The van der Waals surface area contributed by atoms with E-state index in [0.29, 0.717) is 25.0 Å². The summed E-state index contributed by atoms with van der Waals surface area (Å²) in [6.45, 7) is 7.24. The molecule has 0 bridgehead atoms. The standard InChI is InChI=1S/C16H24N2O2S/c1-11(2)15-17-8-14(21-15)16(19)18-6-7-20-10-13(9-18)12-4-3-5-12/h8,11-13H,3-7,9-10H2,1-2H3. The van der Waals surface area contributed by atoms with Crippen LogP contribution in [0.25, 0.3) is 0 Å². The molecule has 116 valence electrons. The zero-order valence-corrected chi connectivity index (χ0v) is 13.7. The van der Waals surface area contributed by atoms with E-state index in [-0.39, 0.29) is 5.91 Å². The minimum atomic E-state index is 0.134. The summed E-state index contributed by atoms with van der Waals surface area (Å²) >= 11 is 1.54. The number of amides is 1. The number of aromatic nitrogens is 1. The molecule has 0 N–H and O–H groups in total. The summed E-state index contributed by atoms with van der Waals surface area (Å²) < 4.78 is 5.72. The zero-order chi connectivity index (χ0) is 14.8. The van der Waals surface area contributed by atoms with Crippen LogP contribution in [0, 0.1) is 11.8 Å². The van der Waals surface area contributed by atoms with E-state index in [9.17, 15) is 4.79 Å². The van der Waals surface area contributed by atoms with Gasteiger partial charge in [-0.2, -0.15) is 0 Å². The van der Waals surface area contributed by atoms with E-state index in [4.69, 9.17) is 4.74 Å². The van der Waals surface area contributed by atoms with E-state index in [1.165, 1.54) is 30.6 Å². The predicted molar refractivity (Wildman–Crippen MR) is 83.8 cm³/mol. The highest BCUT2D eigenvalue weighted by molar-refractivity contribution is 7.13. The highest BCUT2D eigenvalue weighted by atomic mass is 32.1. The fourth-order valence-electron chi connectivity index (χ4n) is 3.03. The van der Waals surface area contributed by atoms with Gasteiger partial charge in [-0.05, 0) is 5.92 Å². The third-order valence-corrected chi connectivity index (χ3v) is 5.91. The Morgan fingerprint density at radius 3 is 2.86 bits per heavy atom. The van der Waals surface area contributed by atoms with Gasteiger partial charge in [0.1, 0.15) is 4.88 Å². The highest BCUT2D eigenvalue weighted by Crippen LogP contribution is 2.35. The number of carbonyl (C=O) groups excluding carboxylic acids is 1. The van der Waals surface area contributed by atoms with Crippen molar-refractivity contribution < 1.29 is 9.53 Å². The van der Waals surface area contributed by atoms with Crippen LogP contribution in [-0.2, 0) is 4.74 Å².